The van der Waals surface area contributed by atoms with Crippen molar-refractivity contribution in [1.82, 2.24) is 29.0 Å². The van der Waals surface area contributed by atoms with E-state index in [-0.39, 0.29) is 5.56 Å². The van der Waals surface area contributed by atoms with Gasteiger partial charge in [0.1, 0.15) is 5.65 Å². The number of hydrogen-bond acceptors (Lipinski definition) is 6. The van der Waals surface area contributed by atoms with Crippen LogP contribution in [0.5, 0.6) is 0 Å². The third-order valence-electron chi connectivity index (χ3n) is 5.82. The first-order valence-corrected chi connectivity index (χ1v) is 12.0. The lowest BCUT2D eigenvalue weighted by Crippen LogP contribution is -2.30. The van der Waals surface area contributed by atoms with E-state index in [1.165, 1.54) is 19.3 Å². The van der Waals surface area contributed by atoms with Crippen molar-refractivity contribution in [1.29, 1.82) is 0 Å². The number of para-hydroxylation sites is 1. The molecule has 0 aliphatic carbocycles. The molecule has 0 radical (unpaired) electrons. The van der Waals surface area contributed by atoms with Gasteiger partial charge in [-0.25, -0.2) is 4.98 Å². The molecule has 0 atom stereocenters. The molecule has 8 heteroatoms. The number of fused-ring (bicyclic) bond motifs is 1. The monoisotopic (exact) mass is 446 g/mol. The van der Waals surface area contributed by atoms with Gasteiger partial charge in [0.15, 0.2) is 11.0 Å². The maximum atomic E-state index is 12.6. The quantitative estimate of drug-likeness (QED) is 0.419. The van der Waals surface area contributed by atoms with Gasteiger partial charge in [-0.1, -0.05) is 42.4 Å². The first-order valence-electron chi connectivity index (χ1n) is 11.0. The van der Waals surface area contributed by atoms with Crippen molar-refractivity contribution in [2.45, 2.75) is 43.6 Å². The average Bonchev–Trinajstić information content (AvgIpc) is 3.22. The Balaban J connectivity index is 1.44. The summed E-state index contributed by atoms with van der Waals surface area (Å²) in [7, 11) is 0. The summed E-state index contributed by atoms with van der Waals surface area (Å²) in [5, 5.41) is 9.87. The minimum Gasteiger partial charge on any atom is -0.296 e. The zero-order valence-corrected chi connectivity index (χ0v) is 19.0. The van der Waals surface area contributed by atoms with Crippen molar-refractivity contribution in [2.75, 3.05) is 13.1 Å². The largest absolute Gasteiger partial charge is 0.296 e. The minimum atomic E-state index is -0.0652. The number of benzene rings is 1. The molecule has 7 nitrogen and oxygen atoms in total. The molecule has 5 rings (SSSR count). The highest BCUT2D eigenvalue weighted by molar-refractivity contribution is 7.98. The van der Waals surface area contributed by atoms with Gasteiger partial charge in [-0.05, 0) is 56.6 Å². The molecule has 164 valence electrons. The molecule has 1 saturated heterocycles. The molecule has 3 aromatic heterocycles. The van der Waals surface area contributed by atoms with Crippen LogP contribution in [0, 0.1) is 6.92 Å². The molecule has 1 aliphatic rings. The number of rotatable bonds is 6. The van der Waals surface area contributed by atoms with E-state index >= 15 is 0 Å². The van der Waals surface area contributed by atoms with Crippen LogP contribution >= 0.6 is 11.8 Å². The minimum absolute atomic E-state index is 0.0652. The molecule has 1 aliphatic heterocycles. The molecule has 0 amide bonds. The number of hydrogen-bond donors (Lipinski definition) is 0. The van der Waals surface area contributed by atoms with Gasteiger partial charge in [-0.3, -0.25) is 18.7 Å². The zero-order chi connectivity index (χ0) is 21.9. The van der Waals surface area contributed by atoms with Crippen molar-refractivity contribution >= 4 is 17.4 Å². The van der Waals surface area contributed by atoms with E-state index in [0.29, 0.717) is 11.4 Å². The van der Waals surface area contributed by atoms with E-state index in [2.05, 4.69) is 31.8 Å². The Morgan fingerprint density at radius 2 is 1.81 bits per heavy atom. The molecular weight excluding hydrogens is 420 g/mol. The summed E-state index contributed by atoms with van der Waals surface area (Å²) in [6.07, 6.45) is 5.54. The number of pyridine rings is 1. The van der Waals surface area contributed by atoms with Crippen LogP contribution in [-0.4, -0.2) is 42.1 Å². The van der Waals surface area contributed by atoms with Gasteiger partial charge in [-0.2, -0.15) is 0 Å². The van der Waals surface area contributed by atoms with Crippen LogP contribution in [0.4, 0.5) is 0 Å². The van der Waals surface area contributed by atoms with Gasteiger partial charge in [0.25, 0.3) is 5.56 Å². The van der Waals surface area contributed by atoms with Gasteiger partial charge in [-0.15, -0.1) is 10.2 Å². The second-order valence-corrected chi connectivity index (χ2v) is 9.11. The molecule has 1 aromatic carbocycles. The number of piperidine rings is 1. The summed E-state index contributed by atoms with van der Waals surface area (Å²) in [5.41, 5.74) is 3.41. The lowest BCUT2D eigenvalue weighted by atomic mass is 10.1. The predicted molar refractivity (Wildman–Crippen MR) is 126 cm³/mol. The standard InChI is InChI=1S/C24H26N6OS/c1-18-9-8-14-29-22(31)15-19(25-23(18)29)17-32-24-27-26-21(16-28-12-6-3-7-13-28)30(24)20-10-4-2-5-11-20/h2,4-5,8-11,14-15H,3,6-7,12-13,16-17H2,1H3. The summed E-state index contributed by atoms with van der Waals surface area (Å²) in [5.74, 6) is 1.50. The van der Waals surface area contributed by atoms with E-state index in [9.17, 15) is 4.79 Å². The van der Waals surface area contributed by atoms with Crippen LogP contribution in [0.25, 0.3) is 11.3 Å². The lowest BCUT2D eigenvalue weighted by Gasteiger charge is -2.26. The fourth-order valence-electron chi connectivity index (χ4n) is 4.17. The van der Waals surface area contributed by atoms with Crippen LogP contribution in [0.15, 0.2) is 64.7 Å². The van der Waals surface area contributed by atoms with Gasteiger partial charge >= 0.3 is 0 Å². The molecule has 32 heavy (non-hydrogen) atoms. The van der Waals surface area contributed by atoms with Crippen molar-refractivity contribution in [3.05, 3.63) is 82.2 Å². The first kappa shape index (κ1) is 20.9. The number of thioether (sulfide) groups is 1. The van der Waals surface area contributed by atoms with Crippen molar-refractivity contribution in [3.8, 4) is 5.69 Å². The summed E-state index contributed by atoms with van der Waals surface area (Å²) in [6.45, 7) is 4.97. The van der Waals surface area contributed by atoms with Crippen LogP contribution in [0.3, 0.4) is 0 Å². The van der Waals surface area contributed by atoms with Crippen LogP contribution in [0.1, 0.15) is 36.3 Å². The molecule has 0 unspecified atom stereocenters. The van der Waals surface area contributed by atoms with Gasteiger partial charge in [0.2, 0.25) is 0 Å². The van der Waals surface area contributed by atoms with E-state index in [0.717, 1.165) is 47.6 Å². The Bertz CT molecular complexity index is 1280. The number of aryl methyl sites for hydroxylation is 1. The fourth-order valence-corrected chi connectivity index (χ4v) is 5.03. The van der Waals surface area contributed by atoms with Crippen molar-refractivity contribution in [3.63, 3.8) is 0 Å². The summed E-state index contributed by atoms with van der Waals surface area (Å²) >= 11 is 1.56. The van der Waals surface area contributed by atoms with E-state index < -0.39 is 0 Å². The summed E-state index contributed by atoms with van der Waals surface area (Å²) in [4.78, 5) is 19.7. The fraction of sp³-hybridized carbons (Fsp3) is 0.333. The van der Waals surface area contributed by atoms with Crippen LogP contribution < -0.4 is 5.56 Å². The maximum Gasteiger partial charge on any atom is 0.258 e. The number of aromatic nitrogens is 5. The van der Waals surface area contributed by atoms with Crippen molar-refractivity contribution < 1.29 is 0 Å². The van der Waals surface area contributed by atoms with Gasteiger partial charge in [0.05, 0.1) is 12.2 Å². The third kappa shape index (κ3) is 4.33. The highest BCUT2D eigenvalue weighted by atomic mass is 32.2. The normalized spacial score (nSPS) is 14.8. The molecule has 0 bridgehead atoms. The Hall–Kier alpha value is -2.97. The Labute approximate surface area is 191 Å². The predicted octanol–water partition coefficient (Wildman–Crippen LogP) is 3.86. The average molecular weight is 447 g/mol. The lowest BCUT2D eigenvalue weighted by molar-refractivity contribution is 0.214. The summed E-state index contributed by atoms with van der Waals surface area (Å²) < 4.78 is 3.73. The highest BCUT2D eigenvalue weighted by Gasteiger charge is 2.19. The summed E-state index contributed by atoms with van der Waals surface area (Å²) in [6, 6.07) is 15.7. The first-order chi connectivity index (χ1) is 15.7. The second-order valence-electron chi connectivity index (χ2n) is 8.17. The number of likely N-dealkylation sites (tertiary alicyclic amines) is 1. The highest BCUT2D eigenvalue weighted by Crippen LogP contribution is 2.26. The molecule has 0 spiro atoms. The molecule has 4 heterocycles. The number of nitrogens with zero attached hydrogens (tertiary/aromatic N) is 6. The van der Waals surface area contributed by atoms with Gasteiger partial charge in [0, 0.05) is 23.7 Å². The second kappa shape index (κ2) is 9.26. The van der Waals surface area contributed by atoms with Crippen molar-refractivity contribution in [2.24, 2.45) is 0 Å². The Kier molecular flexibility index (Phi) is 6.05. The third-order valence-corrected chi connectivity index (χ3v) is 6.78. The van der Waals surface area contributed by atoms with Gasteiger partial charge < -0.3 is 0 Å². The van der Waals surface area contributed by atoms with E-state index in [1.807, 2.05) is 37.3 Å². The SMILES string of the molecule is Cc1cccn2c(=O)cc(CSc3nnc(CN4CCCCC4)n3-c3ccccc3)nc12. The Morgan fingerprint density at radius 3 is 2.62 bits per heavy atom. The molecule has 0 N–H and O–H groups in total. The Morgan fingerprint density at radius 1 is 1.00 bits per heavy atom. The van der Waals surface area contributed by atoms with Crippen LogP contribution in [0.2, 0.25) is 0 Å². The maximum absolute atomic E-state index is 12.6. The van der Waals surface area contributed by atoms with E-state index in [1.54, 1.807) is 28.4 Å². The topological polar surface area (TPSA) is 68.3 Å². The molecular formula is C24H26N6OS. The molecule has 0 saturated carbocycles. The smallest absolute Gasteiger partial charge is 0.258 e. The molecule has 1 fully saturated rings. The molecule has 4 aromatic rings. The van der Waals surface area contributed by atoms with Crippen LogP contribution in [-0.2, 0) is 12.3 Å². The van der Waals surface area contributed by atoms with E-state index in [4.69, 9.17) is 4.98 Å². The zero-order valence-electron chi connectivity index (χ0n) is 18.1.